The van der Waals surface area contributed by atoms with E-state index in [0.717, 1.165) is 19.5 Å². The van der Waals surface area contributed by atoms with Crippen LogP contribution in [0.4, 0.5) is 0 Å². The first-order chi connectivity index (χ1) is 9.29. The van der Waals surface area contributed by atoms with Gasteiger partial charge >= 0.3 is 0 Å². The molecule has 0 heterocycles. The van der Waals surface area contributed by atoms with Crippen molar-refractivity contribution >= 4 is 5.91 Å². The highest BCUT2D eigenvalue weighted by molar-refractivity contribution is 5.78. The lowest BCUT2D eigenvalue weighted by Crippen LogP contribution is -2.41. The molecular weight excluding hydrogens is 236 g/mol. The molecule has 3 nitrogen and oxygen atoms in total. The summed E-state index contributed by atoms with van der Waals surface area (Å²) in [5, 5.41) is 3.33. The molecule has 0 bridgehead atoms. The summed E-state index contributed by atoms with van der Waals surface area (Å²) in [6, 6.07) is 9.13. The largest absolute Gasteiger partial charge is 0.339 e. The Morgan fingerprint density at radius 2 is 2.16 bits per heavy atom. The lowest BCUT2D eigenvalue weighted by Gasteiger charge is -2.30. The molecule has 1 aromatic carbocycles. The third-order valence-corrected chi connectivity index (χ3v) is 4.28. The molecule has 0 aromatic heterocycles. The standard InChI is InChI=1S/C16H22N2O/c1-2-18(14-7-8-14)16(19)11-17-10-13-9-12-5-3-4-6-15(12)13/h3-6,13-14,17H,2,7-11H2,1H3. The molecule has 1 aromatic rings. The van der Waals surface area contributed by atoms with Crippen LogP contribution in [-0.4, -0.2) is 36.5 Å². The summed E-state index contributed by atoms with van der Waals surface area (Å²) in [6.07, 6.45) is 3.53. The first kappa shape index (κ1) is 12.7. The number of amides is 1. The van der Waals surface area contributed by atoms with Gasteiger partial charge in [0.25, 0.3) is 0 Å². The zero-order valence-corrected chi connectivity index (χ0v) is 11.6. The van der Waals surface area contributed by atoms with Gasteiger partial charge in [-0.1, -0.05) is 24.3 Å². The summed E-state index contributed by atoms with van der Waals surface area (Å²) in [6.45, 7) is 4.32. The first-order valence-corrected chi connectivity index (χ1v) is 7.37. The molecule has 1 atom stereocenters. The smallest absolute Gasteiger partial charge is 0.236 e. The van der Waals surface area contributed by atoms with Crippen LogP contribution in [0.2, 0.25) is 0 Å². The molecule has 2 aliphatic carbocycles. The Kier molecular flexibility index (Phi) is 3.56. The van der Waals surface area contributed by atoms with Crippen molar-refractivity contribution in [3.8, 4) is 0 Å². The highest BCUT2D eigenvalue weighted by atomic mass is 16.2. The van der Waals surface area contributed by atoms with E-state index in [-0.39, 0.29) is 5.91 Å². The normalized spacial score (nSPS) is 20.6. The number of carbonyl (C=O) groups excluding carboxylic acids is 1. The third-order valence-electron chi connectivity index (χ3n) is 4.28. The van der Waals surface area contributed by atoms with Gasteiger partial charge in [-0.25, -0.2) is 0 Å². The van der Waals surface area contributed by atoms with Gasteiger partial charge in [0.05, 0.1) is 6.54 Å². The molecule has 0 aliphatic heterocycles. The molecule has 0 radical (unpaired) electrons. The van der Waals surface area contributed by atoms with Gasteiger partial charge in [0.15, 0.2) is 0 Å². The second-order valence-corrected chi connectivity index (χ2v) is 5.64. The van der Waals surface area contributed by atoms with Crippen LogP contribution in [0.1, 0.15) is 36.8 Å². The molecule has 1 saturated carbocycles. The van der Waals surface area contributed by atoms with E-state index in [0.29, 0.717) is 18.5 Å². The zero-order chi connectivity index (χ0) is 13.2. The van der Waals surface area contributed by atoms with E-state index in [1.54, 1.807) is 0 Å². The van der Waals surface area contributed by atoms with Crippen molar-refractivity contribution in [2.75, 3.05) is 19.6 Å². The number of hydrogen-bond acceptors (Lipinski definition) is 2. The van der Waals surface area contributed by atoms with E-state index < -0.39 is 0 Å². The highest BCUT2D eigenvalue weighted by Gasteiger charge is 2.31. The molecule has 0 spiro atoms. The van der Waals surface area contributed by atoms with E-state index in [2.05, 4.69) is 36.5 Å². The monoisotopic (exact) mass is 258 g/mol. The van der Waals surface area contributed by atoms with Gasteiger partial charge in [-0.2, -0.15) is 0 Å². The number of benzene rings is 1. The van der Waals surface area contributed by atoms with Crippen molar-refractivity contribution in [2.24, 2.45) is 0 Å². The number of carbonyl (C=O) groups is 1. The number of rotatable bonds is 6. The van der Waals surface area contributed by atoms with Gasteiger partial charge in [-0.15, -0.1) is 0 Å². The van der Waals surface area contributed by atoms with Crippen molar-refractivity contribution in [3.05, 3.63) is 35.4 Å². The van der Waals surface area contributed by atoms with Gasteiger partial charge < -0.3 is 10.2 Å². The number of nitrogens with one attached hydrogen (secondary N) is 1. The highest BCUT2D eigenvalue weighted by Crippen LogP contribution is 2.34. The molecule has 1 amide bonds. The summed E-state index contributed by atoms with van der Waals surface area (Å²) in [5.41, 5.74) is 2.92. The van der Waals surface area contributed by atoms with Gasteiger partial charge in [-0.3, -0.25) is 4.79 Å². The zero-order valence-electron chi connectivity index (χ0n) is 11.6. The van der Waals surface area contributed by atoms with Crippen LogP contribution >= 0.6 is 0 Å². The summed E-state index contributed by atoms with van der Waals surface area (Å²) < 4.78 is 0. The molecule has 102 valence electrons. The van der Waals surface area contributed by atoms with Gasteiger partial charge in [0.2, 0.25) is 5.91 Å². The average Bonchev–Trinajstić information content (AvgIpc) is 3.20. The lowest BCUT2D eigenvalue weighted by atomic mass is 9.77. The SMILES string of the molecule is CCN(C(=O)CNCC1Cc2ccccc21)C1CC1. The summed E-state index contributed by atoms with van der Waals surface area (Å²) in [7, 11) is 0. The maximum absolute atomic E-state index is 12.1. The Bertz CT molecular complexity index is 468. The second kappa shape index (κ2) is 5.33. The predicted octanol–water partition coefficient (Wildman–Crippen LogP) is 1.93. The van der Waals surface area contributed by atoms with Gasteiger partial charge in [0, 0.05) is 25.0 Å². The number of fused-ring (bicyclic) bond motifs is 1. The minimum Gasteiger partial charge on any atom is -0.339 e. The van der Waals surface area contributed by atoms with Crippen LogP contribution in [0.15, 0.2) is 24.3 Å². The van der Waals surface area contributed by atoms with E-state index >= 15 is 0 Å². The van der Waals surface area contributed by atoms with Crippen molar-refractivity contribution in [1.82, 2.24) is 10.2 Å². The van der Waals surface area contributed by atoms with E-state index in [1.165, 1.54) is 24.0 Å². The molecule has 19 heavy (non-hydrogen) atoms. The summed E-state index contributed by atoms with van der Waals surface area (Å²) in [5.74, 6) is 0.859. The van der Waals surface area contributed by atoms with Gasteiger partial charge in [-0.05, 0) is 37.3 Å². The summed E-state index contributed by atoms with van der Waals surface area (Å²) >= 11 is 0. The van der Waals surface area contributed by atoms with E-state index in [9.17, 15) is 4.79 Å². The molecule has 1 fully saturated rings. The number of hydrogen-bond donors (Lipinski definition) is 1. The van der Waals surface area contributed by atoms with Crippen LogP contribution in [0.5, 0.6) is 0 Å². The average molecular weight is 258 g/mol. The Morgan fingerprint density at radius 1 is 1.37 bits per heavy atom. The maximum atomic E-state index is 12.1. The third kappa shape index (κ3) is 2.66. The van der Waals surface area contributed by atoms with Crippen LogP contribution < -0.4 is 5.32 Å². The minimum atomic E-state index is 0.262. The maximum Gasteiger partial charge on any atom is 0.236 e. The molecule has 2 aliphatic rings. The topological polar surface area (TPSA) is 32.3 Å². The van der Waals surface area contributed by atoms with Crippen molar-refractivity contribution in [3.63, 3.8) is 0 Å². The lowest BCUT2D eigenvalue weighted by molar-refractivity contribution is -0.130. The minimum absolute atomic E-state index is 0.262. The fraction of sp³-hybridized carbons (Fsp3) is 0.562. The molecule has 0 saturated heterocycles. The first-order valence-electron chi connectivity index (χ1n) is 7.37. The Morgan fingerprint density at radius 3 is 2.84 bits per heavy atom. The van der Waals surface area contributed by atoms with Crippen molar-refractivity contribution in [2.45, 2.75) is 38.1 Å². The fourth-order valence-corrected chi connectivity index (χ4v) is 3.02. The van der Waals surface area contributed by atoms with Crippen molar-refractivity contribution < 1.29 is 4.79 Å². The second-order valence-electron chi connectivity index (χ2n) is 5.64. The van der Waals surface area contributed by atoms with Crippen molar-refractivity contribution in [1.29, 1.82) is 0 Å². The molecule has 1 unspecified atom stereocenters. The summed E-state index contributed by atoms with van der Waals surface area (Å²) in [4.78, 5) is 14.1. The Labute approximate surface area is 115 Å². The predicted molar refractivity (Wildman–Crippen MR) is 76.2 cm³/mol. The molecule has 3 heteroatoms. The van der Waals surface area contributed by atoms with Gasteiger partial charge in [0.1, 0.15) is 0 Å². The van der Waals surface area contributed by atoms with E-state index in [4.69, 9.17) is 0 Å². The Hall–Kier alpha value is -1.35. The van der Waals surface area contributed by atoms with E-state index in [1.807, 2.05) is 4.90 Å². The van der Waals surface area contributed by atoms with Crippen LogP contribution in [0.25, 0.3) is 0 Å². The molecular formula is C16H22N2O. The van der Waals surface area contributed by atoms with Crippen LogP contribution in [0.3, 0.4) is 0 Å². The molecule has 3 rings (SSSR count). The quantitative estimate of drug-likeness (QED) is 0.845. The van der Waals surface area contributed by atoms with Crippen LogP contribution in [-0.2, 0) is 11.2 Å². The van der Waals surface area contributed by atoms with Crippen LogP contribution in [0, 0.1) is 0 Å². The fourth-order valence-electron chi connectivity index (χ4n) is 3.02. The number of likely N-dealkylation sites (N-methyl/N-ethyl adjacent to an activating group) is 1. The molecule has 1 N–H and O–H groups in total. The Balaban J connectivity index is 1.43. The number of nitrogens with zero attached hydrogens (tertiary/aromatic N) is 1.